The molecule has 2 aromatic carbocycles. The summed E-state index contributed by atoms with van der Waals surface area (Å²) in [7, 11) is 3.58. The number of hydrogen-bond acceptors (Lipinski definition) is 6. The Morgan fingerprint density at radius 1 is 1.03 bits per heavy atom. The number of amides is 3. The van der Waals surface area contributed by atoms with Gasteiger partial charge in [-0.15, -0.1) is 0 Å². The molecule has 0 aromatic heterocycles. The van der Waals surface area contributed by atoms with Gasteiger partial charge in [0, 0.05) is 30.8 Å². The summed E-state index contributed by atoms with van der Waals surface area (Å²) in [4.78, 5) is 41.8. The minimum atomic E-state index is -0.721. The fraction of sp³-hybridized carbons (Fsp3) is 0.400. The van der Waals surface area contributed by atoms with Crippen LogP contribution in [0.2, 0.25) is 5.21 Å². The average molecular weight is 473 g/mol. The molecule has 5 rings (SSSR count). The largest absolute Gasteiger partial charge is 0.489 e. The molecule has 3 amide bonds. The van der Waals surface area contributed by atoms with Gasteiger partial charge < -0.3 is 14.4 Å². The van der Waals surface area contributed by atoms with Gasteiger partial charge in [0.15, 0.2) is 0 Å². The topological polar surface area (TPSA) is 88.2 Å². The lowest BCUT2D eigenvalue weighted by Gasteiger charge is -2.37. The van der Waals surface area contributed by atoms with E-state index in [1.54, 1.807) is 32.7 Å². The molecule has 3 heterocycles. The molecular formula is C25H29B2N3O5. The molecule has 0 saturated carbocycles. The van der Waals surface area contributed by atoms with E-state index in [1.165, 1.54) is 5.56 Å². The van der Waals surface area contributed by atoms with Crippen LogP contribution in [0.5, 0.6) is 5.75 Å². The van der Waals surface area contributed by atoms with Gasteiger partial charge in [-0.2, -0.15) is 0 Å². The monoisotopic (exact) mass is 473 g/mol. The summed E-state index contributed by atoms with van der Waals surface area (Å²) in [5.74, 6) is -0.288. The van der Waals surface area contributed by atoms with Gasteiger partial charge in [0.05, 0.1) is 19.8 Å². The molecular weight excluding hydrogens is 444 g/mol. The Labute approximate surface area is 206 Å². The van der Waals surface area contributed by atoms with Crippen LogP contribution in [0.3, 0.4) is 0 Å². The number of hydrogen-bond donors (Lipinski definition) is 1. The first-order valence-corrected chi connectivity index (χ1v) is 12.1. The highest BCUT2D eigenvalue weighted by Gasteiger charge is 2.46. The fourth-order valence-corrected chi connectivity index (χ4v) is 4.92. The number of morpholine rings is 1. The first kappa shape index (κ1) is 23.6. The predicted molar refractivity (Wildman–Crippen MR) is 135 cm³/mol. The number of carbonyl (C=O) groups excluding carboxylic acids is 3. The Morgan fingerprint density at radius 2 is 1.74 bits per heavy atom. The van der Waals surface area contributed by atoms with E-state index in [0.717, 1.165) is 44.0 Å². The zero-order valence-electron chi connectivity index (χ0n) is 20.2. The van der Waals surface area contributed by atoms with Crippen molar-refractivity contribution in [2.24, 2.45) is 0 Å². The Bertz CT molecular complexity index is 1150. The molecule has 0 bridgehead atoms. The predicted octanol–water partition coefficient (Wildman–Crippen LogP) is -0.149. The van der Waals surface area contributed by atoms with Gasteiger partial charge in [-0.3, -0.25) is 24.6 Å². The number of imide groups is 1. The number of carbonyl (C=O) groups is 3. The zero-order valence-corrected chi connectivity index (χ0v) is 20.2. The van der Waals surface area contributed by atoms with Crippen LogP contribution in [0.1, 0.15) is 33.5 Å². The average Bonchev–Trinajstić information content (AvgIpc) is 3.19. The van der Waals surface area contributed by atoms with Crippen molar-refractivity contribution in [1.82, 2.24) is 15.1 Å². The van der Waals surface area contributed by atoms with Gasteiger partial charge in [-0.1, -0.05) is 30.3 Å². The lowest BCUT2D eigenvalue weighted by molar-refractivity contribution is -0.137. The third-order valence-corrected chi connectivity index (χ3v) is 7.11. The van der Waals surface area contributed by atoms with Crippen molar-refractivity contribution in [3.63, 3.8) is 0 Å². The number of ether oxygens (including phenoxy) is 2. The van der Waals surface area contributed by atoms with Crippen molar-refractivity contribution in [2.75, 3.05) is 26.3 Å². The summed E-state index contributed by atoms with van der Waals surface area (Å²) >= 11 is 0. The molecule has 1 atom stereocenters. The number of benzene rings is 2. The van der Waals surface area contributed by atoms with Crippen molar-refractivity contribution >= 4 is 33.4 Å². The molecule has 180 valence electrons. The Morgan fingerprint density at radius 3 is 2.49 bits per heavy atom. The van der Waals surface area contributed by atoms with Crippen LogP contribution in [0.15, 0.2) is 42.5 Å². The van der Waals surface area contributed by atoms with Crippen LogP contribution < -0.4 is 10.1 Å². The van der Waals surface area contributed by atoms with E-state index in [1.807, 2.05) is 6.07 Å². The minimum absolute atomic E-state index is 0.205. The zero-order chi connectivity index (χ0) is 24.6. The SMILES string of the molecule is BC1(B)CC(N2Cc3c(OCc4ccc(CN5CCOCC5)cc4)cccc3C2=O)C(=O)NC1=O. The lowest BCUT2D eigenvalue weighted by atomic mass is 9.50. The van der Waals surface area contributed by atoms with E-state index in [2.05, 4.69) is 34.5 Å². The molecule has 2 aromatic rings. The summed E-state index contributed by atoms with van der Waals surface area (Å²) < 4.78 is 11.5. The van der Waals surface area contributed by atoms with Crippen molar-refractivity contribution in [3.8, 4) is 5.75 Å². The van der Waals surface area contributed by atoms with E-state index in [-0.39, 0.29) is 18.4 Å². The first-order chi connectivity index (χ1) is 16.8. The van der Waals surface area contributed by atoms with E-state index >= 15 is 0 Å². The van der Waals surface area contributed by atoms with Crippen molar-refractivity contribution < 1.29 is 23.9 Å². The number of nitrogens with one attached hydrogen (secondary N) is 1. The van der Waals surface area contributed by atoms with Crippen LogP contribution in [0.4, 0.5) is 0 Å². The molecule has 35 heavy (non-hydrogen) atoms. The highest BCUT2D eigenvalue weighted by atomic mass is 16.5. The Hall–Kier alpha value is -3.10. The molecule has 1 unspecified atom stereocenters. The second-order valence-corrected chi connectivity index (χ2v) is 10.1. The molecule has 0 aliphatic carbocycles. The molecule has 0 spiro atoms. The lowest BCUT2D eigenvalue weighted by Crippen LogP contribution is -2.58. The number of fused-ring (bicyclic) bond motifs is 1. The molecule has 2 fully saturated rings. The van der Waals surface area contributed by atoms with Gasteiger partial charge in [-0.25, -0.2) is 0 Å². The van der Waals surface area contributed by atoms with Crippen molar-refractivity contribution in [3.05, 3.63) is 64.7 Å². The maximum absolute atomic E-state index is 13.2. The van der Waals surface area contributed by atoms with Crippen LogP contribution in [-0.4, -0.2) is 75.6 Å². The molecule has 0 radical (unpaired) electrons. The maximum atomic E-state index is 13.2. The smallest absolute Gasteiger partial charge is 0.255 e. The fourth-order valence-electron chi connectivity index (χ4n) is 4.92. The summed E-state index contributed by atoms with van der Waals surface area (Å²) in [6.45, 7) is 5.06. The summed E-state index contributed by atoms with van der Waals surface area (Å²) in [5, 5.41) is 1.70. The summed E-state index contributed by atoms with van der Waals surface area (Å²) in [6.07, 6.45) is 0.296. The van der Waals surface area contributed by atoms with Crippen LogP contribution in [-0.2, 0) is 34.0 Å². The van der Waals surface area contributed by atoms with Crippen LogP contribution in [0.25, 0.3) is 0 Å². The van der Waals surface area contributed by atoms with Gasteiger partial charge in [0.25, 0.3) is 5.91 Å². The van der Waals surface area contributed by atoms with Gasteiger partial charge in [0.2, 0.25) is 11.8 Å². The highest BCUT2D eigenvalue weighted by Crippen LogP contribution is 2.37. The second-order valence-electron chi connectivity index (χ2n) is 10.1. The van der Waals surface area contributed by atoms with Crippen LogP contribution in [0, 0.1) is 0 Å². The number of nitrogens with zero attached hydrogens (tertiary/aromatic N) is 2. The third kappa shape index (κ3) is 4.86. The molecule has 8 nitrogen and oxygen atoms in total. The third-order valence-electron chi connectivity index (χ3n) is 7.11. The molecule has 3 aliphatic heterocycles. The highest BCUT2D eigenvalue weighted by molar-refractivity contribution is 6.52. The first-order valence-electron chi connectivity index (χ1n) is 12.1. The minimum Gasteiger partial charge on any atom is -0.489 e. The quantitative estimate of drug-likeness (QED) is 0.464. The normalized spacial score (nSPS) is 22.1. The Balaban J connectivity index is 1.25. The second kappa shape index (κ2) is 9.51. The molecule has 3 aliphatic rings. The van der Waals surface area contributed by atoms with E-state index in [4.69, 9.17) is 9.47 Å². The van der Waals surface area contributed by atoms with E-state index in [0.29, 0.717) is 24.3 Å². The Kier molecular flexibility index (Phi) is 6.42. The van der Waals surface area contributed by atoms with Gasteiger partial charge in [-0.05, 0) is 34.9 Å². The summed E-state index contributed by atoms with van der Waals surface area (Å²) in [6, 6.07) is 13.1. The molecule has 2 saturated heterocycles. The number of piperidine rings is 1. The molecule has 1 N–H and O–H groups in total. The summed E-state index contributed by atoms with van der Waals surface area (Å²) in [5.41, 5.74) is 3.63. The maximum Gasteiger partial charge on any atom is 0.255 e. The van der Waals surface area contributed by atoms with Crippen LogP contribution >= 0.6 is 0 Å². The molecule has 10 heteroatoms. The van der Waals surface area contributed by atoms with E-state index in [9.17, 15) is 14.4 Å². The van der Waals surface area contributed by atoms with Gasteiger partial charge >= 0.3 is 0 Å². The number of rotatable bonds is 6. The van der Waals surface area contributed by atoms with Crippen molar-refractivity contribution in [2.45, 2.75) is 37.4 Å². The van der Waals surface area contributed by atoms with E-state index < -0.39 is 17.2 Å². The van der Waals surface area contributed by atoms with Crippen molar-refractivity contribution in [1.29, 1.82) is 0 Å². The standard InChI is InChI=1S/C25H29B2N3O5/c26-25(27)12-20(22(31)28-24(25)33)30-14-19-18(23(30)32)2-1-3-21(19)35-15-17-6-4-16(5-7-17)13-29-8-10-34-11-9-29/h1-7,20H,8-15,26-27H2,(H,28,31,33). The van der Waals surface area contributed by atoms with Gasteiger partial charge in [0.1, 0.15) is 34.1 Å².